The maximum absolute atomic E-state index is 12.7. The maximum Gasteiger partial charge on any atom is 0.344 e. The van der Waals surface area contributed by atoms with Gasteiger partial charge in [-0.05, 0) is 19.1 Å². The zero-order valence-electron chi connectivity index (χ0n) is 16.7. The van der Waals surface area contributed by atoms with Gasteiger partial charge in [0.25, 0.3) is 0 Å². The smallest absolute Gasteiger partial charge is 0.344 e. The number of hydrogen-bond donors (Lipinski definition) is 2. The number of aliphatic carboxylic acids is 1. The molecule has 2 heterocycles. The fraction of sp³-hybridized carbons (Fsp3) is 0.350. The van der Waals surface area contributed by atoms with Gasteiger partial charge in [-0.1, -0.05) is 24.2 Å². The Morgan fingerprint density at radius 2 is 2.00 bits per heavy atom. The van der Waals surface area contributed by atoms with E-state index in [9.17, 15) is 9.59 Å². The molecule has 0 unspecified atom stereocenters. The van der Waals surface area contributed by atoms with Crippen LogP contribution in [0.15, 0.2) is 42.7 Å². The van der Waals surface area contributed by atoms with E-state index < -0.39 is 12.6 Å². The van der Waals surface area contributed by atoms with Gasteiger partial charge in [0.15, 0.2) is 12.4 Å². The Balaban J connectivity index is 1.57. The van der Waals surface area contributed by atoms with E-state index in [1.807, 2.05) is 13.0 Å². The van der Waals surface area contributed by atoms with Crippen LogP contribution in [0.1, 0.15) is 12.5 Å². The average Bonchev–Trinajstić information content (AvgIpc) is 3.16. The number of benzene rings is 1. The van der Waals surface area contributed by atoms with Crippen LogP contribution >= 0.6 is 11.6 Å². The van der Waals surface area contributed by atoms with Crippen molar-refractivity contribution >= 4 is 29.4 Å². The highest BCUT2D eigenvalue weighted by Crippen LogP contribution is 2.25. The van der Waals surface area contributed by atoms with Crippen molar-refractivity contribution in [3.05, 3.63) is 53.3 Å². The van der Waals surface area contributed by atoms with Gasteiger partial charge in [0.2, 0.25) is 0 Å². The van der Waals surface area contributed by atoms with E-state index in [-0.39, 0.29) is 6.03 Å². The van der Waals surface area contributed by atoms with E-state index in [0.717, 1.165) is 11.3 Å². The van der Waals surface area contributed by atoms with Gasteiger partial charge in [-0.25, -0.2) is 9.59 Å². The number of amides is 1. The van der Waals surface area contributed by atoms with Crippen LogP contribution in [0.3, 0.4) is 0 Å². The standard InChI is InChI=1S/C20H24ClN5O4/c1-14(2)22-18-5-6-26(23-18)20(29)25-9-7-24(8-10-25)12-15-3-4-16(21)11-17(15)30-13-19(27)28/h3-6,11H,1,7-10,12-13H2,2H3,(H,22,23)(H,27,28). The van der Waals surface area contributed by atoms with Crippen LogP contribution in [-0.2, 0) is 11.3 Å². The van der Waals surface area contributed by atoms with E-state index in [0.29, 0.717) is 49.3 Å². The van der Waals surface area contributed by atoms with E-state index in [1.165, 1.54) is 4.68 Å². The number of aromatic nitrogens is 2. The molecule has 0 radical (unpaired) electrons. The van der Waals surface area contributed by atoms with Crippen molar-refractivity contribution in [3.63, 3.8) is 0 Å². The predicted molar refractivity (Wildman–Crippen MR) is 113 cm³/mol. The molecule has 160 valence electrons. The van der Waals surface area contributed by atoms with Crippen LogP contribution in [-0.4, -0.2) is 69.5 Å². The summed E-state index contributed by atoms with van der Waals surface area (Å²) in [5.74, 6) is -0.0168. The number of anilines is 1. The molecule has 3 rings (SSSR count). The van der Waals surface area contributed by atoms with Crippen molar-refractivity contribution < 1.29 is 19.4 Å². The fourth-order valence-corrected chi connectivity index (χ4v) is 3.29. The number of carbonyl (C=O) groups is 2. The number of piperazine rings is 1. The van der Waals surface area contributed by atoms with Crippen molar-refractivity contribution in [2.24, 2.45) is 0 Å². The number of carboxylic acids is 1. The summed E-state index contributed by atoms with van der Waals surface area (Å²) in [4.78, 5) is 27.4. The summed E-state index contributed by atoms with van der Waals surface area (Å²) in [5, 5.41) is 16.5. The molecule has 2 N–H and O–H groups in total. The van der Waals surface area contributed by atoms with Gasteiger partial charge in [0.05, 0.1) is 0 Å². The molecule has 1 saturated heterocycles. The molecule has 0 bridgehead atoms. The number of nitrogens with one attached hydrogen (secondary N) is 1. The molecular weight excluding hydrogens is 410 g/mol. The van der Waals surface area contributed by atoms with Crippen molar-refractivity contribution in [1.82, 2.24) is 19.6 Å². The van der Waals surface area contributed by atoms with Crippen LogP contribution in [0.4, 0.5) is 10.6 Å². The Bertz CT molecular complexity index is 937. The third-order valence-electron chi connectivity index (χ3n) is 4.54. The number of allylic oxidation sites excluding steroid dienone is 1. The third-order valence-corrected chi connectivity index (χ3v) is 4.78. The number of hydrogen-bond acceptors (Lipinski definition) is 6. The van der Waals surface area contributed by atoms with Gasteiger partial charge in [0, 0.05) is 61.3 Å². The van der Waals surface area contributed by atoms with Gasteiger partial charge in [-0.3, -0.25) is 4.90 Å². The maximum atomic E-state index is 12.7. The SMILES string of the molecule is C=C(C)Nc1ccn(C(=O)N2CCN(Cc3ccc(Cl)cc3OCC(=O)O)CC2)n1. The molecule has 1 amide bonds. The minimum atomic E-state index is -1.05. The summed E-state index contributed by atoms with van der Waals surface area (Å²) >= 11 is 6.01. The average molecular weight is 434 g/mol. The molecule has 0 saturated carbocycles. The van der Waals surface area contributed by atoms with Crippen molar-refractivity contribution in [2.45, 2.75) is 13.5 Å². The van der Waals surface area contributed by atoms with Crippen molar-refractivity contribution in [3.8, 4) is 5.75 Å². The molecule has 0 spiro atoms. The monoisotopic (exact) mass is 433 g/mol. The van der Waals surface area contributed by atoms with E-state index in [1.54, 1.807) is 29.3 Å². The van der Waals surface area contributed by atoms with Crippen LogP contribution in [0.25, 0.3) is 0 Å². The first kappa shape index (κ1) is 21.7. The van der Waals surface area contributed by atoms with Gasteiger partial charge < -0.3 is 20.1 Å². The lowest BCUT2D eigenvalue weighted by Gasteiger charge is -2.34. The van der Waals surface area contributed by atoms with Gasteiger partial charge in [-0.2, -0.15) is 4.68 Å². The number of carbonyl (C=O) groups excluding carboxylic acids is 1. The first-order valence-electron chi connectivity index (χ1n) is 9.44. The second kappa shape index (κ2) is 9.64. The first-order chi connectivity index (χ1) is 14.3. The molecule has 0 aliphatic carbocycles. The molecule has 1 aliphatic heterocycles. The van der Waals surface area contributed by atoms with Gasteiger partial charge in [0.1, 0.15) is 5.75 Å². The summed E-state index contributed by atoms with van der Waals surface area (Å²) in [7, 11) is 0. The zero-order chi connectivity index (χ0) is 21.7. The molecule has 1 aromatic heterocycles. The Labute approximate surface area is 179 Å². The minimum absolute atomic E-state index is 0.179. The summed E-state index contributed by atoms with van der Waals surface area (Å²) < 4.78 is 6.69. The van der Waals surface area contributed by atoms with Crippen LogP contribution in [0.2, 0.25) is 5.02 Å². The number of ether oxygens (including phenoxy) is 1. The Hall–Kier alpha value is -3.04. The summed E-state index contributed by atoms with van der Waals surface area (Å²) in [6.07, 6.45) is 1.62. The molecule has 1 aliphatic rings. The summed E-state index contributed by atoms with van der Waals surface area (Å²) in [6.45, 7) is 8.18. The number of nitrogens with zero attached hydrogens (tertiary/aromatic N) is 4. The Morgan fingerprint density at radius 3 is 2.67 bits per heavy atom. The highest BCUT2D eigenvalue weighted by molar-refractivity contribution is 6.30. The highest BCUT2D eigenvalue weighted by Gasteiger charge is 2.23. The lowest BCUT2D eigenvalue weighted by atomic mass is 10.1. The minimum Gasteiger partial charge on any atom is -0.482 e. The summed E-state index contributed by atoms with van der Waals surface area (Å²) in [5.41, 5.74) is 1.60. The predicted octanol–water partition coefficient (Wildman–Crippen LogP) is 2.73. The zero-order valence-corrected chi connectivity index (χ0v) is 17.4. The van der Waals surface area contributed by atoms with Crippen LogP contribution < -0.4 is 10.1 Å². The first-order valence-corrected chi connectivity index (χ1v) is 9.82. The van der Waals surface area contributed by atoms with Crippen LogP contribution in [0, 0.1) is 0 Å². The number of halogens is 1. The molecule has 10 heteroatoms. The van der Waals surface area contributed by atoms with E-state index in [4.69, 9.17) is 21.4 Å². The van der Waals surface area contributed by atoms with Crippen molar-refractivity contribution in [1.29, 1.82) is 0 Å². The largest absolute Gasteiger partial charge is 0.482 e. The Morgan fingerprint density at radius 1 is 1.27 bits per heavy atom. The lowest BCUT2D eigenvalue weighted by Crippen LogP contribution is -2.49. The quantitative estimate of drug-likeness (QED) is 0.692. The number of carboxylic acid groups (broad SMARTS) is 1. The molecule has 1 aromatic carbocycles. The highest BCUT2D eigenvalue weighted by atomic mass is 35.5. The molecule has 0 atom stereocenters. The lowest BCUT2D eigenvalue weighted by molar-refractivity contribution is -0.139. The molecule has 9 nitrogen and oxygen atoms in total. The molecule has 30 heavy (non-hydrogen) atoms. The Kier molecular flexibility index (Phi) is 6.96. The second-order valence-corrected chi connectivity index (χ2v) is 7.47. The topological polar surface area (TPSA) is 99.9 Å². The fourth-order valence-electron chi connectivity index (χ4n) is 3.13. The van der Waals surface area contributed by atoms with Crippen molar-refractivity contribution in [2.75, 3.05) is 38.1 Å². The van der Waals surface area contributed by atoms with Gasteiger partial charge >= 0.3 is 12.0 Å². The van der Waals surface area contributed by atoms with E-state index >= 15 is 0 Å². The second-order valence-electron chi connectivity index (χ2n) is 7.03. The molecule has 2 aromatic rings. The van der Waals surface area contributed by atoms with E-state index in [2.05, 4.69) is 21.9 Å². The molecule has 1 fully saturated rings. The molecular formula is C20H24ClN5O4. The number of rotatable bonds is 7. The third kappa shape index (κ3) is 5.74. The van der Waals surface area contributed by atoms with Gasteiger partial charge in [-0.15, -0.1) is 5.10 Å². The normalized spacial score (nSPS) is 14.4. The van der Waals surface area contributed by atoms with Crippen LogP contribution in [0.5, 0.6) is 5.75 Å². The summed E-state index contributed by atoms with van der Waals surface area (Å²) in [6, 6.07) is 6.74.